The fraction of sp³-hybridized carbons (Fsp3) is 1.00. The molecule has 2 bridgehead atoms. The highest BCUT2D eigenvalue weighted by Gasteiger charge is 2.42. The average Bonchev–Trinajstić information content (AvgIpc) is 2.30. The van der Waals surface area contributed by atoms with Gasteiger partial charge in [0.2, 0.25) is 0 Å². The lowest BCUT2D eigenvalue weighted by atomic mass is 9.74. The van der Waals surface area contributed by atoms with Crippen LogP contribution in [0.2, 0.25) is 0 Å². The zero-order chi connectivity index (χ0) is 8.72. The summed E-state index contributed by atoms with van der Waals surface area (Å²) in [6.45, 7) is 4.64. The Labute approximate surface area is 75.2 Å². The largest absolute Gasteiger partial charge is 0.393 e. The molecule has 2 aliphatic rings. The fourth-order valence-corrected chi connectivity index (χ4v) is 3.09. The Balaban J connectivity index is 2.02. The number of hydrogen-bond acceptors (Lipinski definition) is 1. The van der Waals surface area contributed by atoms with Crippen molar-refractivity contribution in [2.45, 2.75) is 45.6 Å². The predicted molar refractivity (Wildman–Crippen MR) is 49.8 cm³/mol. The Bertz CT molecular complexity index is 150. The van der Waals surface area contributed by atoms with Gasteiger partial charge in [-0.2, -0.15) is 0 Å². The topological polar surface area (TPSA) is 20.2 Å². The van der Waals surface area contributed by atoms with Crippen LogP contribution in [-0.4, -0.2) is 11.2 Å². The molecule has 0 aromatic carbocycles. The second-order valence-corrected chi connectivity index (χ2v) is 5.06. The Kier molecular flexibility index (Phi) is 2.16. The van der Waals surface area contributed by atoms with Crippen molar-refractivity contribution in [2.24, 2.45) is 23.7 Å². The molecule has 1 heteroatoms. The molecule has 0 amide bonds. The minimum absolute atomic E-state index is 0.0556. The lowest BCUT2D eigenvalue weighted by molar-refractivity contribution is 0.0278. The van der Waals surface area contributed by atoms with Crippen molar-refractivity contribution >= 4 is 0 Å². The first-order valence-electron chi connectivity index (χ1n) is 5.36. The molecule has 0 aromatic rings. The van der Waals surface area contributed by atoms with E-state index in [1.165, 1.54) is 25.7 Å². The zero-order valence-electron chi connectivity index (χ0n) is 8.16. The van der Waals surface area contributed by atoms with Crippen LogP contribution in [0.4, 0.5) is 0 Å². The van der Waals surface area contributed by atoms with E-state index in [2.05, 4.69) is 13.8 Å². The third-order valence-corrected chi connectivity index (χ3v) is 4.03. The quantitative estimate of drug-likeness (QED) is 0.637. The first-order valence-corrected chi connectivity index (χ1v) is 5.36. The van der Waals surface area contributed by atoms with E-state index >= 15 is 0 Å². The van der Waals surface area contributed by atoms with E-state index < -0.39 is 0 Å². The van der Waals surface area contributed by atoms with Gasteiger partial charge in [0.1, 0.15) is 0 Å². The first-order chi connectivity index (χ1) is 5.68. The monoisotopic (exact) mass is 168 g/mol. The number of rotatable bonds is 1. The van der Waals surface area contributed by atoms with E-state index in [0.717, 1.165) is 11.8 Å². The van der Waals surface area contributed by atoms with Crippen LogP contribution < -0.4 is 0 Å². The summed E-state index contributed by atoms with van der Waals surface area (Å²) in [6, 6.07) is 0. The smallest absolute Gasteiger partial charge is 0.0596 e. The second-order valence-electron chi connectivity index (χ2n) is 5.06. The fourth-order valence-electron chi connectivity index (χ4n) is 3.09. The van der Waals surface area contributed by atoms with E-state index in [1.54, 1.807) is 0 Å². The third kappa shape index (κ3) is 1.28. The molecule has 2 unspecified atom stereocenters. The van der Waals surface area contributed by atoms with Gasteiger partial charge in [0, 0.05) is 0 Å². The molecule has 0 saturated heterocycles. The van der Waals surface area contributed by atoms with Crippen LogP contribution in [0.1, 0.15) is 39.5 Å². The minimum atomic E-state index is 0.0556. The number of hydrogen-bond donors (Lipinski definition) is 1. The van der Waals surface area contributed by atoms with Crippen molar-refractivity contribution in [3.05, 3.63) is 0 Å². The standard InChI is InChI=1S/C11H20O/c1-7(2)10-5-8-3-4-9(6-10)11(8)12/h7-12H,3-6H2,1-2H3/t8-,9+,10?,11?. The number of aliphatic hydroxyl groups excluding tert-OH is 1. The summed E-state index contributed by atoms with van der Waals surface area (Å²) in [5.74, 6) is 3.01. The highest BCUT2D eigenvalue weighted by Crippen LogP contribution is 2.46. The number of aliphatic hydroxyl groups is 1. The molecule has 0 radical (unpaired) electrons. The van der Waals surface area contributed by atoms with Crippen molar-refractivity contribution in [3.8, 4) is 0 Å². The molecule has 0 aromatic heterocycles. The molecule has 2 saturated carbocycles. The average molecular weight is 168 g/mol. The summed E-state index contributed by atoms with van der Waals surface area (Å²) >= 11 is 0. The van der Waals surface area contributed by atoms with Gasteiger partial charge in [-0.15, -0.1) is 0 Å². The predicted octanol–water partition coefficient (Wildman–Crippen LogP) is 2.44. The minimum Gasteiger partial charge on any atom is -0.393 e. The second kappa shape index (κ2) is 3.02. The summed E-state index contributed by atoms with van der Waals surface area (Å²) in [5.41, 5.74) is 0. The van der Waals surface area contributed by atoms with Gasteiger partial charge in [-0.3, -0.25) is 0 Å². The van der Waals surface area contributed by atoms with Crippen LogP contribution in [0, 0.1) is 23.7 Å². The van der Waals surface area contributed by atoms with Crippen LogP contribution >= 0.6 is 0 Å². The Morgan fingerprint density at radius 1 is 1.08 bits per heavy atom. The molecular formula is C11H20O. The molecule has 2 fully saturated rings. The maximum Gasteiger partial charge on any atom is 0.0596 e. The van der Waals surface area contributed by atoms with Crippen molar-refractivity contribution in [2.75, 3.05) is 0 Å². The van der Waals surface area contributed by atoms with Crippen molar-refractivity contribution in [3.63, 3.8) is 0 Å². The molecule has 2 rings (SSSR count). The summed E-state index contributed by atoms with van der Waals surface area (Å²) in [6.07, 6.45) is 5.20. The first kappa shape index (κ1) is 8.55. The molecule has 0 aliphatic heterocycles. The van der Waals surface area contributed by atoms with E-state index in [-0.39, 0.29) is 6.10 Å². The van der Waals surface area contributed by atoms with Crippen LogP contribution in [0.25, 0.3) is 0 Å². The van der Waals surface area contributed by atoms with Crippen LogP contribution in [-0.2, 0) is 0 Å². The maximum absolute atomic E-state index is 9.81. The lowest BCUT2D eigenvalue weighted by Gasteiger charge is -2.34. The van der Waals surface area contributed by atoms with Gasteiger partial charge >= 0.3 is 0 Å². The third-order valence-electron chi connectivity index (χ3n) is 4.03. The van der Waals surface area contributed by atoms with Gasteiger partial charge in [0.15, 0.2) is 0 Å². The molecule has 70 valence electrons. The summed E-state index contributed by atoms with van der Waals surface area (Å²) in [7, 11) is 0. The van der Waals surface area contributed by atoms with E-state index in [4.69, 9.17) is 0 Å². The van der Waals surface area contributed by atoms with Crippen LogP contribution in [0.15, 0.2) is 0 Å². The molecule has 0 spiro atoms. The van der Waals surface area contributed by atoms with E-state index in [0.29, 0.717) is 11.8 Å². The Hall–Kier alpha value is -0.0400. The molecule has 12 heavy (non-hydrogen) atoms. The zero-order valence-corrected chi connectivity index (χ0v) is 8.16. The lowest BCUT2D eigenvalue weighted by Crippen LogP contribution is -2.32. The Morgan fingerprint density at radius 2 is 1.58 bits per heavy atom. The van der Waals surface area contributed by atoms with Gasteiger partial charge in [-0.25, -0.2) is 0 Å². The highest BCUT2D eigenvalue weighted by molar-refractivity contribution is 4.92. The summed E-state index contributed by atoms with van der Waals surface area (Å²) in [4.78, 5) is 0. The van der Waals surface area contributed by atoms with Crippen molar-refractivity contribution in [1.82, 2.24) is 0 Å². The highest BCUT2D eigenvalue weighted by atomic mass is 16.3. The van der Waals surface area contributed by atoms with Gasteiger partial charge in [0.05, 0.1) is 6.10 Å². The van der Waals surface area contributed by atoms with Gasteiger partial charge < -0.3 is 5.11 Å². The maximum atomic E-state index is 9.81. The van der Waals surface area contributed by atoms with Crippen molar-refractivity contribution in [1.29, 1.82) is 0 Å². The van der Waals surface area contributed by atoms with Crippen LogP contribution in [0.5, 0.6) is 0 Å². The molecule has 1 nitrogen and oxygen atoms in total. The molecular weight excluding hydrogens is 148 g/mol. The molecule has 2 aliphatic carbocycles. The van der Waals surface area contributed by atoms with Gasteiger partial charge in [-0.1, -0.05) is 13.8 Å². The number of fused-ring (bicyclic) bond motifs is 2. The molecule has 0 heterocycles. The van der Waals surface area contributed by atoms with Gasteiger partial charge in [0.25, 0.3) is 0 Å². The normalized spacial score (nSPS) is 47.0. The molecule has 1 N–H and O–H groups in total. The summed E-state index contributed by atoms with van der Waals surface area (Å²) in [5, 5.41) is 9.81. The van der Waals surface area contributed by atoms with Crippen LogP contribution in [0.3, 0.4) is 0 Å². The van der Waals surface area contributed by atoms with E-state index in [1.807, 2.05) is 0 Å². The van der Waals surface area contributed by atoms with Crippen molar-refractivity contribution < 1.29 is 5.11 Å². The SMILES string of the molecule is CC(C)C1C[C@H]2CC[C@@H](C1)C2O. The summed E-state index contributed by atoms with van der Waals surface area (Å²) < 4.78 is 0. The van der Waals surface area contributed by atoms with E-state index in [9.17, 15) is 5.11 Å². The molecule has 4 atom stereocenters. The van der Waals surface area contributed by atoms with Gasteiger partial charge in [-0.05, 0) is 49.4 Å². The Morgan fingerprint density at radius 3 is 2.00 bits per heavy atom.